The molecule has 2 rings (SSSR count). The lowest BCUT2D eigenvalue weighted by molar-refractivity contribution is -0.142. The standard InChI is InChI=1S/C17H20ClN3O3S/c1-4-24-15(22)7-13-9-25-17(20-13)21-19-8-12-5-11(10(2)3)6-14(18)16(12)23/h5-6,8-10,23H,4,7H2,1-3H3,(H,20,21). The number of hydrazone groups is 1. The molecule has 1 aromatic carbocycles. The maximum Gasteiger partial charge on any atom is 0.311 e. The molecule has 0 bridgehead atoms. The van der Waals surface area contributed by atoms with Crippen LogP contribution in [0.3, 0.4) is 0 Å². The van der Waals surface area contributed by atoms with E-state index in [2.05, 4.69) is 15.5 Å². The van der Waals surface area contributed by atoms with E-state index in [0.29, 0.717) is 28.0 Å². The maximum absolute atomic E-state index is 11.4. The summed E-state index contributed by atoms with van der Waals surface area (Å²) in [6, 6.07) is 3.58. The Labute approximate surface area is 155 Å². The number of nitrogens with one attached hydrogen (secondary N) is 1. The predicted molar refractivity (Wildman–Crippen MR) is 101 cm³/mol. The smallest absolute Gasteiger partial charge is 0.311 e. The number of esters is 1. The van der Waals surface area contributed by atoms with Crippen LogP contribution in [0.15, 0.2) is 22.6 Å². The van der Waals surface area contributed by atoms with Crippen LogP contribution < -0.4 is 5.43 Å². The molecule has 0 saturated heterocycles. The van der Waals surface area contributed by atoms with E-state index in [9.17, 15) is 9.90 Å². The number of nitrogens with zero attached hydrogens (tertiary/aromatic N) is 2. The van der Waals surface area contributed by atoms with Gasteiger partial charge in [-0.1, -0.05) is 25.4 Å². The van der Waals surface area contributed by atoms with Crippen molar-refractivity contribution in [3.63, 3.8) is 0 Å². The molecular formula is C17H20ClN3O3S. The third kappa shape index (κ3) is 5.44. The van der Waals surface area contributed by atoms with Crippen molar-refractivity contribution in [3.8, 4) is 5.75 Å². The van der Waals surface area contributed by atoms with Crippen LogP contribution in [-0.4, -0.2) is 28.9 Å². The SMILES string of the molecule is CCOC(=O)Cc1csc(NN=Cc2cc(C(C)C)cc(Cl)c2O)n1. The van der Waals surface area contributed by atoms with Crippen LogP contribution in [0, 0.1) is 0 Å². The molecule has 0 saturated carbocycles. The number of carbonyl (C=O) groups is 1. The predicted octanol–water partition coefficient (Wildman–Crippen LogP) is 4.18. The van der Waals surface area contributed by atoms with E-state index >= 15 is 0 Å². The fourth-order valence-electron chi connectivity index (χ4n) is 2.03. The van der Waals surface area contributed by atoms with Crippen molar-refractivity contribution in [2.45, 2.75) is 33.1 Å². The first kappa shape index (κ1) is 19.2. The van der Waals surface area contributed by atoms with Gasteiger partial charge in [0.05, 0.1) is 30.0 Å². The zero-order valence-corrected chi connectivity index (χ0v) is 15.8. The van der Waals surface area contributed by atoms with Crippen LogP contribution in [0.25, 0.3) is 0 Å². The Hall–Kier alpha value is -2.12. The van der Waals surface area contributed by atoms with Gasteiger partial charge in [0.25, 0.3) is 0 Å². The molecule has 8 heteroatoms. The third-order valence-corrected chi connectivity index (χ3v) is 4.41. The number of hydrogen-bond acceptors (Lipinski definition) is 7. The normalized spacial score (nSPS) is 11.2. The first-order chi connectivity index (χ1) is 11.9. The summed E-state index contributed by atoms with van der Waals surface area (Å²) >= 11 is 7.38. The van der Waals surface area contributed by atoms with Crippen molar-refractivity contribution in [3.05, 3.63) is 39.4 Å². The highest BCUT2D eigenvalue weighted by atomic mass is 35.5. The number of aromatic nitrogens is 1. The molecule has 0 aliphatic carbocycles. The monoisotopic (exact) mass is 381 g/mol. The molecular weight excluding hydrogens is 362 g/mol. The minimum atomic E-state index is -0.312. The van der Waals surface area contributed by atoms with Gasteiger partial charge in [0, 0.05) is 10.9 Å². The summed E-state index contributed by atoms with van der Waals surface area (Å²) < 4.78 is 4.88. The minimum absolute atomic E-state index is 0.0150. The summed E-state index contributed by atoms with van der Waals surface area (Å²) in [7, 11) is 0. The van der Waals surface area contributed by atoms with E-state index < -0.39 is 0 Å². The molecule has 6 nitrogen and oxygen atoms in total. The van der Waals surface area contributed by atoms with Gasteiger partial charge in [0.1, 0.15) is 5.75 Å². The molecule has 1 aromatic heterocycles. The number of ether oxygens (including phenoxy) is 1. The van der Waals surface area contributed by atoms with Crippen molar-refractivity contribution in [2.75, 3.05) is 12.0 Å². The lowest BCUT2D eigenvalue weighted by Crippen LogP contribution is -2.07. The molecule has 0 radical (unpaired) electrons. The second-order valence-electron chi connectivity index (χ2n) is 5.59. The highest BCUT2D eigenvalue weighted by molar-refractivity contribution is 7.13. The number of halogens is 1. The Morgan fingerprint density at radius 1 is 1.52 bits per heavy atom. The molecule has 0 aliphatic rings. The van der Waals surface area contributed by atoms with Crippen LogP contribution >= 0.6 is 22.9 Å². The van der Waals surface area contributed by atoms with Crippen LogP contribution in [0.1, 0.15) is 43.5 Å². The van der Waals surface area contributed by atoms with E-state index in [0.717, 1.165) is 5.56 Å². The Bertz CT molecular complexity index is 774. The lowest BCUT2D eigenvalue weighted by atomic mass is 10.0. The number of carbonyl (C=O) groups excluding carboxylic acids is 1. The van der Waals surface area contributed by atoms with Crippen LogP contribution in [0.2, 0.25) is 5.02 Å². The molecule has 1 heterocycles. The number of anilines is 1. The average Bonchev–Trinajstić information content (AvgIpc) is 2.98. The first-order valence-corrected chi connectivity index (χ1v) is 9.08. The van der Waals surface area contributed by atoms with Crippen LogP contribution in [0.5, 0.6) is 5.75 Å². The van der Waals surface area contributed by atoms with Gasteiger partial charge in [-0.3, -0.25) is 10.2 Å². The van der Waals surface area contributed by atoms with Crippen molar-refractivity contribution in [2.24, 2.45) is 5.10 Å². The maximum atomic E-state index is 11.4. The summed E-state index contributed by atoms with van der Waals surface area (Å²) in [4.78, 5) is 15.7. The zero-order valence-electron chi connectivity index (χ0n) is 14.2. The van der Waals surface area contributed by atoms with E-state index in [1.54, 1.807) is 18.4 Å². The van der Waals surface area contributed by atoms with Gasteiger partial charge >= 0.3 is 5.97 Å². The number of hydrogen-bond donors (Lipinski definition) is 2. The van der Waals surface area contributed by atoms with Crippen molar-refractivity contribution >= 4 is 40.3 Å². The molecule has 25 heavy (non-hydrogen) atoms. The highest BCUT2D eigenvalue weighted by Gasteiger charge is 2.10. The fourth-order valence-corrected chi connectivity index (χ4v) is 2.92. The van der Waals surface area contributed by atoms with Gasteiger partial charge in [0.15, 0.2) is 0 Å². The minimum Gasteiger partial charge on any atom is -0.506 e. The van der Waals surface area contributed by atoms with Gasteiger partial charge in [-0.15, -0.1) is 11.3 Å². The summed E-state index contributed by atoms with van der Waals surface area (Å²) in [5.41, 5.74) is 4.93. The van der Waals surface area contributed by atoms with Gasteiger partial charge in [-0.05, 0) is 30.5 Å². The van der Waals surface area contributed by atoms with Gasteiger partial charge in [0.2, 0.25) is 5.13 Å². The Morgan fingerprint density at radius 3 is 2.96 bits per heavy atom. The number of rotatable bonds is 7. The average molecular weight is 382 g/mol. The third-order valence-electron chi connectivity index (χ3n) is 3.33. The molecule has 134 valence electrons. The molecule has 0 amide bonds. The summed E-state index contributed by atoms with van der Waals surface area (Å²) in [5.74, 6) is -0.0470. The first-order valence-electron chi connectivity index (χ1n) is 7.82. The highest BCUT2D eigenvalue weighted by Crippen LogP contribution is 2.30. The molecule has 0 atom stereocenters. The summed E-state index contributed by atoms with van der Waals surface area (Å²) in [5, 5.41) is 16.7. The van der Waals surface area contributed by atoms with E-state index in [1.807, 2.05) is 19.9 Å². The number of benzene rings is 1. The van der Waals surface area contributed by atoms with Gasteiger partial charge < -0.3 is 9.84 Å². The molecule has 0 spiro atoms. The van der Waals surface area contributed by atoms with Crippen molar-refractivity contribution in [1.29, 1.82) is 0 Å². The largest absolute Gasteiger partial charge is 0.506 e. The fraction of sp³-hybridized carbons (Fsp3) is 0.353. The van der Waals surface area contributed by atoms with Crippen molar-refractivity contribution < 1.29 is 14.6 Å². The Kier molecular flexibility index (Phi) is 6.78. The van der Waals surface area contributed by atoms with Gasteiger partial charge in [-0.2, -0.15) is 5.10 Å². The molecule has 2 N–H and O–H groups in total. The quantitative estimate of drug-likeness (QED) is 0.427. The lowest BCUT2D eigenvalue weighted by Gasteiger charge is -2.09. The molecule has 0 aliphatic heterocycles. The van der Waals surface area contributed by atoms with Crippen LogP contribution in [-0.2, 0) is 16.0 Å². The second-order valence-corrected chi connectivity index (χ2v) is 6.86. The van der Waals surface area contributed by atoms with E-state index in [4.69, 9.17) is 16.3 Å². The van der Waals surface area contributed by atoms with Crippen LogP contribution in [0.4, 0.5) is 5.13 Å². The zero-order chi connectivity index (χ0) is 18.4. The van der Waals surface area contributed by atoms with E-state index in [1.165, 1.54) is 17.6 Å². The summed E-state index contributed by atoms with van der Waals surface area (Å²) in [6.45, 7) is 6.20. The van der Waals surface area contributed by atoms with Gasteiger partial charge in [-0.25, -0.2) is 4.98 Å². The second kappa shape index (κ2) is 8.82. The molecule has 2 aromatic rings. The summed E-state index contributed by atoms with van der Waals surface area (Å²) in [6.07, 6.45) is 1.61. The number of aromatic hydroxyl groups is 1. The van der Waals surface area contributed by atoms with Crippen molar-refractivity contribution in [1.82, 2.24) is 4.98 Å². The Balaban J connectivity index is 2.04. The number of phenolic OH excluding ortho intramolecular Hbond substituents is 1. The molecule has 0 unspecified atom stereocenters. The Morgan fingerprint density at radius 2 is 2.28 bits per heavy atom. The number of phenols is 1. The molecule has 0 fully saturated rings. The van der Waals surface area contributed by atoms with E-state index in [-0.39, 0.29) is 24.1 Å². The number of thiazole rings is 1. The topological polar surface area (TPSA) is 83.8 Å².